The van der Waals surface area contributed by atoms with Crippen LogP contribution in [-0.4, -0.2) is 55.1 Å². The number of sulfonamides is 1. The average molecular weight is 470 g/mol. The predicted octanol–water partition coefficient (Wildman–Crippen LogP) is 2.14. The lowest BCUT2D eigenvalue weighted by Crippen LogP contribution is -2.69. The summed E-state index contributed by atoms with van der Waals surface area (Å²) >= 11 is 7.61. The minimum absolute atomic E-state index is 0.0318. The number of halogens is 1. The predicted molar refractivity (Wildman–Crippen MR) is 115 cm³/mol. The summed E-state index contributed by atoms with van der Waals surface area (Å²) in [5.41, 5.74) is -0.372. The molecule has 0 spiro atoms. The number of anilines is 1. The van der Waals surface area contributed by atoms with E-state index in [0.29, 0.717) is 28.6 Å². The van der Waals surface area contributed by atoms with E-state index in [1.165, 1.54) is 13.1 Å². The van der Waals surface area contributed by atoms with Gasteiger partial charge in [-0.1, -0.05) is 17.7 Å². The Morgan fingerprint density at radius 2 is 2.27 bits per heavy atom. The number of pyridine rings is 1. The number of carbonyl (C=O) groups is 1. The molecule has 2 aromatic heterocycles. The number of fused-ring (bicyclic) bond motifs is 1. The second-order valence-corrected chi connectivity index (χ2v) is 10.8. The summed E-state index contributed by atoms with van der Waals surface area (Å²) in [6, 6.07) is 6.81. The fraction of sp³-hybridized carbons (Fsp3) is 0.389. The molecule has 2 fully saturated rings. The number of aryl methyl sites for hydroxylation is 1. The van der Waals surface area contributed by atoms with Crippen LogP contribution in [0.25, 0.3) is 0 Å². The van der Waals surface area contributed by atoms with E-state index in [4.69, 9.17) is 21.7 Å². The van der Waals surface area contributed by atoms with Crippen LogP contribution < -0.4 is 10.6 Å². The molecule has 0 aromatic carbocycles. The fourth-order valence-corrected chi connectivity index (χ4v) is 7.17. The van der Waals surface area contributed by atoms with Crippen molar-refractivity contribution in [2.45, 2.75) is 24.1 Å². The molecule has 0 saturated carbocycles. The van der Waals surface area contributed by atoms with Crippen molar-refractivity contribution >= 4 is 50.6 Å². The van der Waals surface area contributed by atoms with Gasteiger partial charge in [-0.25, -0.2) is 17.7 Å². The van der Waals surface area contributed by atoms with Crippen molar-refractivity contribution in [1.29, 1.82) is 5.41 Å². The van der Waals surface area contributed by atoms with Crippen molar-refractivity contribution < 1.29 is 17.9 Å². The maximum atomic E-state index is 13.0. The Morgan fingerprint density at radius 3 is 3.00 bits per heavy atom. The molecule has 0 radical (unpaired) electrons. The Bertz CT molecular complexity index is 1140. The van der Waals surface area contributed by atoms with Gasteiger partial charge in [0.25, 0.3) is 5.91 Å². The first kappa shape index (κ1) is 21.0. The minimum Gasteiger partial charge on any atom is -0.380 e. The van der Waals surface area contributed by atoms with E-state index < -0.39 is 26.7 Å². The average Bonchev–Trinajstić information content (AvgIpc) is 3.09. The van der Waals surface area contributed by atoms with Crippen LogP contribution >= 0.6 is 22.9 Å². The second kappa shape index (κ2) is 7.49. The van der Waals surface area contributed by atoms with Gasteiger partial charge in [-0.2, -0.15) is 0 Å². The number of hydrogen-bond donors (Lipinski definition) is 3. The van der Waals surface area contributed by atoms with Gasteiger partial charge in [-0.05, 0) is 25.1 Å². The maximum Gasteiger partial charge on any atom is 0.266 e. The van der Waals surface area contributed by atoms with Crippen LogP contribution in [0, 0.1) is 12.3 Å². The number of aromatic nitrogens is 1. The maximum absolute atomic E-state index is 13.0. The van der Waals surface area contributed by atoms with E-state index in [9.17, 15) is 13.2 Å². The van der Waals surface area contributed by atoms with Crippen molar-refractivity contribution in [3.05, 3.63) is 44.7 Å². The van der Waals surface area contributed by atoms with Gasteiger partial charge in [0, 0.05) is 25.8 Å². The Balaban J connectivity index is 1.72. The number of carbonyl (C=O) groups excluding carboxylic acids is 1. The summed E-state index contributed by atoms with van der Waals surface area (Å²) in [7, 11) is -2.51. The standard InChI is InChI=1S/C18H20ClN5O4S2/c1-10-4-3-5-14(21-10)22-16(25)12-8-11(19)15(29-12)18-6-7-28-9-13(18)30(26,27)24(2)17(20)23-18/h3-5,8,13H,6-7,9H2,1-2H3,(H2,20,23)(H,21,22,25)/t13?,18-/m0/s1. The van der Waals surface area contributed by atoms with Crippen molar-refractivity contribution in [2.24, 2.45) is 0 Å². The zero-order valence-electron chi connectivity index (χ0n) is 16.2. The summed E-state index contributed by atoms with van der Waals surface area (Å²) in [6.45, 7) is 2.09. The van der Waals surface area contributed by atoms with Gasteiger partial charge < -0.3 is 15.4 Å². The quantitative estimate of drug-likeness (QED) is 0.632. The Hall–Kier alpha value is -2.21. The molecule has 160 valence electrons. The second-order valence-electron chi connectivity index (χ2n) is 7.18. The van der Waals surface area contributed by atoms with Gasteiger partial charge in [-0.3, -0.25) is 10.2 Å². The number of amides is 1. The molecular formula is C18H20ClN5O4S2. The summed E-state index contributed by atoms with van der Waals surface area (Å²) in [4.78, 5) is 17.8. The van der Waals surface area contributed by atoms with Crippen LogP contribution in [0.5, 0.6) is 0 Å². The molecule has 1 unspecified atom stereocenters. The molecule has 2 aliphatic heterocycles. The molecule has 2 saturated heterocycles. The summed E-state index contributed by atoms with van der Waals surface area (Å²) < 4.78 is 32.4. The third kappa shape index (κ3) is 3.35. The van der Waals surface area contributed by atoms with Crippen LogP contribution in [0.2, 0.25) is 5.02 Å². The van der Waals surface area contributed by atoms with E-state index in [0.717, 1.165) is 21.3 Å². The number of guanidine groups is 1. The highest BCUT2D eigenvalue weighted by atomic mass is 35.5. The SMILES string of the molecule is Cc1cccc(NC(=O)c2cc(Cl)c([C@]34CCOCC3S(=O)(=O)N(C)C(=N)N4)s2)n1. The molecule has 0 aliphatic carbocycles. The van der Waals surface area contributed by atoms with Crippen LogP contribution in [-0.2, 0) is 20.3 Å². The van der Waals surface area contributed by atoms with Crippen LogP contribution in [0.3, 0.4) is 0 Å². The molecule has 0 bridgehead atoms. The van der Waals surface area contributed by atoms with Gasteiger partial charge in [0.05, 0.1) is 26.9 Å². The van der Waals surface area contributed by atoms with Crippen LogP contribution in [0.15, 0.2) is 24.3 Å². The van der Waals surface area contributed by atoms with Gasteiger partial charge in [0.2, 0.25) is 16.0 Å². The zero-order valence-corrected chi connectivity index (χ0v) is 18.6. The topological polar surface area (TPSA) is 124 Å². The third-order valence-electron chi connectivity index (χ3n) is 5.30. The van der Waals surface area contributed by atoms with E-state index in [1.54, 1.807) is 12.1 Å². The van der Waals surface area contributed by atoms with Gasteiger partial charge in [-0.15, -0.1) is 11.3 Å². The molecule has 30 heavy (non-hydrogen) atoms. The highest BCUT2D eigenvalue weighted by molar-refractivity contribution is 7.90. The Kier molecular flexibility index (Phi) is 5.25. The normalized spacial score (nSPS) is 25.4. The van der Waals surface area contributed by atoms with E-state index >= 15 is 0 Å². The summed E-state index contributed by atoms with van der Waals surface area (Å²) in [5.74, 6) is -0.223. The largest absolute Gasteiger partial charge is 0.380 e. The lowest BCUT2D eigenvalue weighted by Gasteiger charge is -2.49. The number of thiophene rings is 1. The first-order valence-corrected chi connectivity index (χ1v) is 11.8. The molecule has 4 rings (SSSR count). The highest BCUT2D eigenvalue weighted by Crippen LogP contribution is 2.46. The number of rotatable bonds is 3. The minimum atomic E-state index is -3.84. The van der Waals surface area contributed by atoms with Crippen molar-refractivity contribution in [2.75, 3.05) is 25.6 Å². The molecule has 2 atom stereocenters. The lowest BCUT2D eigenvalue weighted by atomic mass is 9.87. The van der Waals surface area contributed by atoms with E-state index in [1.807, 2.05) is 13.0 Å². The lowest BCUT2D eigenvalue weighted by molar-refractivity contribution is 0.0442. The van der Waals surface area contributed by atoms with Gasteiger partial charge in [0.15, 0.2) is 0 Å². The van der Waals surface area contributed by atoms with Crippen molar-refractivity contribution in [3.8, 4) is 0 Å². The Morgan fingerprint density at radius 1 is 1.50 bits per heavy atom. The molecule has 1 amide bonds. The number of nitrogens with zero attached hydrogens (tertiary/aromatic N) is 2. The van der Waals surface area contributed by atoms with Gasteiger partial charge >= 0.3 is 0 Å². The van der Waals surface area contributed by atoms with E-state index in [-0.39, 0.29) is 17.6 Å². The fourth-order valence-electron chi connectivity index (χ4n) is 3.71. The first-order chi connectivity index (χ1) is 14.1. The molecule has 2 aromatic rings. The summed E-state index contributed by atoms with van der Waals surface area (Å²) in [6.07, 6.45) is 0.299. The molecule has 2 aliphatic rings. The number of ether oxygens (including phenoxy) is 1. The van der Waals surface area contributed by atoms with Crippen molar-refractivity contribution in [1.82, 2.24) is 14.6 Å². The number of nitrogens with one attached hydrogen (secondary N) is 3. The molecule has 12 heteroatoms. The smallest absolute Gasteiger partial charge is 0.266 e. The highest BCUT2D eigenvalue weighted by Gasteiger charge is 2.57. The summed E-state index contributed by atoms with van der Waals surface area (Å²) in [5, 5.41) is 13.2. The molecule has 4 heterocycles. The third-order valence-corrected chi connectivity index (χ3v) is 9.23. The number of hydrogen-bond acceptors (Lipinski definition) is 7. The molecular weight excluding hydrogens is 450 g/mol. The molecule has 9 nitrogen and oxygen atoms in total. The van der Waals surface area contributed by atoms with Crippen molar-refractivity contribution in [3.63, 3.8) is 0 Å². The zero-order chi connectivity index (χ0) is 21.7. The molecule has 3 N–H and O–H groups in total. The monoisotopic (exact) mass is 469 g/mol. The van der Waals surface area contributed by atoms with E-state index in [2.05, 4.69) is 15.6 Å². The Labute approximate surface area is 183 Å². The first-order valence-electron chi connectivity index (χ1n) is 9.12. The van der Waals surface area contributed by atoms with Crippen LogP contribution in [0.4, 0.5) is 5.82 Å². The van der Waals surface area contributed by atoms with Gasteiger partial charge in [0.1, 0.15) is 11.1 Å². The van der Waals surface area contributed by atoms with Crippen LogP contribution in [0.1, 0.15) is 26.7 Å².